The highest BCUT2D eigenvalue weighted by Crippen LogP contribution is 2.36. The maximum absolute atomic E-state index is 9.33. The molecule has 1 rings (SSSR count). The molecule has 0 fully saturated rings. The van der Waals surface area contributed by atoms with Crippen molar-refractivity contribution < 1.29 is 9.84 Å². The fourth-order valence-electron chi connectivity index (χ4n) is 1.62. The Bertz CT molecular complexity index is 358. The molecule has 0 aromatic heterocycles. The van der Waals surface area contributed by atoms with Crippen LogP contribution in [0.15, 0.2) is 12.1 Å². The summed E-state index contributed by atoms with van der Waals surface area (Å²) in [7, 11) is 3.37. The van der Waals surface area contributed by atoms with E-state index < -0.39 is 0 Å². The van der Waals surface area contributed by atoms with Crippen LogP contribution in [0.25, 0.3) is 0 Å². The van der Waals surface area contributed by atoms with Crippen molar-refractivity contribution in [3.05, 3.63) is 27.7 Å². The summed E-state index contributed by atoms with van der Waals surface area (Å²) >= 11 is 12.0. The van der Waals surface area contributed by atoms with E-state index in [-0.39, 0.29) is 12.5 Å². The molecular formula is C11H15Cl2NO2. The Kier molecular flexibility index (Phi) is 5.35. The number of methoxy groups -OCH3 is 1. The average Bonchev–Trinajstić information content (AvgIpc) is 2.25. The first kappa shape index (κ1) is 13.6. The summed E-state index contributed by atoms with van der Waals surface area (Å²) in [5.41, 5.74) is 0.817. The quantitative estimate of drug-likeness (QED) is 0.857. The molecule has 5 heteroatoms. The zero-order valence-corrected chi connectivity index (χ0v) is 10.8. The van der Waals surface area contributed by atoms with Crippen LogP contribution in [0.4, 0.5) is 0 Å². The third kappa shape index (κ3) is 3.01. The lowest BCUT2D eigenvalue weighted by molar-refractivity contribution is 0.260. The highest BCUT2D eigenvalue weighted by molar-refractivity contribution is 6.35. The lowest BCUT2D eigenvalue weighted by Gasteiger charge is -2.18. The molecule has 1 aromatic rings. The first-order valence-electron chi connectivity index (χ1n) is 4.92. The van der Waals surface area contributed by atoms with Crippen molar-refractivity contribution in [2.24, 2.45) is 0 Å². The summed E-state index contributed by atoms with van der Waals surface area (Å²) in [5.74, 6) is 0.483. The summed E-state index contributed by atoms with van der Waals surface area (Å²) < 4.78 is 5.23. The van der Waals surface area contributed by atoms with Crippen molar-refractivity contribution in [2.75, 3.05) is 27.3 Å². The van der Waals surface area contributed by atoms with Gasteiger partial charge in [0.2, 0.25) is 0 Å². The van der Waals surface area contributed by atoms with E-state index in [4.69, 9.17) is 27.9 Å². The van der Waals surface area contributed by atoms with Crippen LogP contribution >= 0.6 is 23.2 Å². The second-order valence-corrected chi connectivity index (χ2v) is 4.29. The number of hydrogen-bond acceptors (Lipinski definition) is 3. The molecule has 0 radical (unpaired) electrons. The Balaban J connectivity index is 3.17. The predicted octanol–water partition coefficient (Wildman–Crippen LogP) is 2.30. The number of nitrogens with one attached hydrogen (secondary N) is 1. The molecule has 0 spiro atoms. The largest absolute Gasteiger partial charge is 0.495 e. The van der Waals surface area contributed by atoms with Gasteiger partial charge in [0.1, 0.15) is 5.75 Å². The van der Waals surface area contributed by atoms with Crippen molar-refractivity contribution >= 4 is 23.2 Å². The standard InChI is InChI=1S/C11H15Cl2NO2/c1-14-5-7(6-15)9-3-8(12)4-10(13)11(9)16-2/h3-4,7,14-15H,5-6H2,1-2H3. The smallest absolute Gasteiger partial charge is 0.141 e. The van der Waals surface area contributed by atoms with Crippen molar-refractivity contribution in [3.8, 4) is 5.75 Å². The van der Waals surface area contributed by atoms with Gasteiger partial charge < -0.3 is 15.2 Å². The van der Waals surface area contributed by atoms with Crippen LogP contribution in [-0.2, 0) is 0 Å². The van der Waals surface area contributed by atoms with Gasteiger partial charge >= 0.3 is 0 Å². The Morgan fingerprint density at radius 1 is 1.44 bits per heavy atom. The predicted molar refractivity (Wildman–Crippen MR) is 66.8 cm³/mol. The summed E-state index contributed by atoms with van der Waals surface area (Å²) in [5, 5.41) is 13.3. The summed E-state index contributed by atoms with van der Waals surface area (Å²) in [6, 6.07) is 3.39. The number of aliphatic hydroxyl groups is 1. The van der Waals surface area contributed by atoms with Gasteiger partial charge in [-0.3, -0.25) is 0 Å². The van der Waals surface area contributed by atoms with E-state index in [1.165, 1.54) is 0 Å². The average molecular weight is 264 g/mol. The van der Waals surface area contributed by atoms with Crippen molar-refractivity contribution in [3.63, 3.8) is 0 Å². The lowest BCUT2D eigenvalue weighted by atomic mass is 9.99. The van der Waals surface area contributed by atoms with Crippen LogP contribution in [0.2, 0.25) is 10.0 Å². The number of likely N-dealkylation sites (N-methyl/N-ethyl adjacent to an activating group) is 1. The third-order valence-corrected chi connectivity index (χ3v) is 2.85. The number of ether oxygens (including phenoxy) is 1. The molecule has 0 aliphatic heterocycles. The van der Waals surface area contributed by atoms with Crippen molar-refractivity contribution in [2.45, 2.75) is 5.92 Å². The van der Waals surface area contributed by atoms with Crippen LogP contribution in [0.1, 0.15) is 11.5 Å². The minimum absolute atomic E-state index is 0.00781. The molecule has 2 N–H and O–H groups in total. The number of aliphatic hydroxyl groups excluding tert-OH is 1. The molecule has 0 heterocycles. The molecule has 90 valence electrons. The first-order chi connectivity index (χ1) is 7.63. The van der Waals surface area contributed by atoms with Crippen LogP contribution in [0.3, 0.4) is 0 Å². The Labute approximate surface area is 105 Å². The van der Waals surface area contributed by atoms with E-state index in [2.05, 4.69) is 5.32 Å². The SMILES string of the molecule is CNCC(CO)c1cc(Cl)cc(Cl)c1OC. The molecule has 0 bridgehead atoms. The van der Waals surface area contributed by atoms with Gasteiger partial charge in [-0.2, -0.15) is 0 Å². The molecule has 1 aromatic carbocycles. The highest BCUT2D eigenvalue weighted by atomic mass is 35.5. The van der Waals surface area contributed by atoms with E-state index in [1.807, 2.05) is 7.05 Å². The van der Waals surface area contributed by atoms with Gasteiger partial charge in [0.05, 0.1) is 18.7 Å². The van der Waals surface area contributed by atoms with Crippen LogP contribution in [-0.4, -0.2) is 32.4 Å². The number of benzene rings is 1. The summed E-state index contributed by atoms with van der Waals surface area (Å²) in [4.78, 5) is 0. The molecule has 1 unspecified atom stereocenters. The number of hydrogen-bond donors (Lipinski definition) is 2. The van der Waals surface area contributed by atoms with E-state index in [9.17, 15) is 5.11 Å². The van der Waals surface area contributed by atoms with Gasteiger partial charge in [0.15, 0.2) is 0 Å². The molecule has 16 heavy (non-hydrogen) atoms. The fraction of sp³-hybridized carbons (Fsp3) is 0.455. The zero-order valence-electron chi connectivity index (χ0n) is 9.26. The molecular weight excluding hydrogens is 249 g/mol. The first-order valence-corrected chi connectivity index (χ1v) is 5.68. The molecule has 0 saturated carbocycles. The molecule has 1 atom stereocenters. The minimum Gasteiger partial charge on any atom is -0.495 e. The van der Waals surface area contributed by atoms with Gasteiger partial charge in [-0.05, 0) is 19.2 Å². The highest BCUT2D eigenvalue weighted by Gasteiger charge is 2.18. The number of halogens is 2. The van der Waals surface area contributed by atoms with Crippen molar-refractivity contribution in [1.82, 2.24) is 5.32 Å². The van der Waals surface area contributed by atoms with E-state index in [0.717, 1.165) is 5.56 Å². The Morgan fingerprint density at radius 3 is 2.62 bits per heavy atom. The van der Waals surface area contributed by atoms with E-state index in [0.29, 0.717) is 22.3 Å². The monoisotopic (exact) mass is 263 g/mol. The van der Waals surface area contributed by atoms with Gasteiger partial charge in [-0.25, -0.2) is 0 Å². The normalized spacial score (nSPS) is 12.6. The molecule has 0 aliphatic rings. The maximum Gasteiger partial charge on any atom is 0.141 e. The van der Waals surface area contributed by atoms with Crippen molar-refractivity contribution in [1.29, 1.82) is 0 Å². The molecule has 3 nitrogen and oxygen atoms in total. The molecule has 0 saturated heterocycles. The number of rotatable bonds is 5. The Morgan fingerprint density at radius 2 is 2.12 bits per heavy atom. The van der Waals surface area contributed by atoms with Crippen LogP contribution in [0.5, 0.6) is 5.75 Å². The van der Waals surface area contributed by atoms with E-state index in [1.54, 1.807) is 19.2 Å². The second-order valence-electron chi connectivity index (χ2n) is 3.45. The zero-order chi connectivity index (χ0) is 12.1. The second kappa shape index (κ2) is 6.30. The topological polar surface area (TPSA) is 41.5 Å². The van der Waals surface area contributed by atoms with Gasteiger partial charge in [0, 0.05) is 23.0 Å². The minimum atomic E-state index is -0.0869. The van der Waals surface area contributed by atoms with Gasteiger partial charge in [0.25, 0.3) is 0 Å². The fourth-order valence-corrected chi connectivity index (χ4v) is 2.20. The Hall–Kier alpha value is -0.480. The summed E-state index contributed by atoms with van der Waals surface area (Å²) in [6.07, 6.45) is 0. The molecule has 0 aliphatic carbocycles. The maximum atomic E-state index is 9.33. The lowest BCUT2D eigenvalue weighted by Crippen LogP contribution is -2.20. The van der Waals surface area contributed by atoms with Crippen LogP contribution < -0.4 is 10.1 Å². The molecule has 0 amide bonds. The third-order valence-electron chi connectivity index (χ3n) is 2.35. The van der Waals surface area contributed by atoms with Gasteiger partial charge in [-0.1, -0.05) is 23.2 Å². The van der Waals surface area contributed by atoms with Gasteiger partial charge in [-0.15, -0.1) is 0 Å². The van der Waals surface area contributed by atoms with E-state index >= 15 is 0 Å². The van der Waals surface area contributed by atoms with Crippen LogP contribution in [0, 0.1) is 0 Å². The summed E-state index contributed by atoms with van der Waals surface area (Å²) in [6.45, 7) is 0.636.